The molecular formula is C20H24N2O5S. The number of amides is 1. The van der Waals surface area contributed by atoms with Gasteiger partial charge in [0, 0.05) is 19.0 Å². The Morgan fingerprint density at radius 2 is 1.82 bits per heavy atom. The van der Waals surface area contributed by atoms with Crippen molar-refractivity contribution in [3.63, 3.8) is 0 Å². The molecule has 2 aromatic rings. The number of nitrogens with one attached hydrogen (secondary N) is 1. The molecule has 8 heteroatoms. The average molecular weight is 404 g/mol. The molecule has 0 spiro atoms. The summed E-state index contributed by atoms with van der Waals surface area (Å²) in [5.41, 5.74) is 1.97. The zero-order valence-corrected chi connectivity index (χ0v) is 16.8. The molecule has 0 radical (unpaired) electrons. The van der Waals surface area contributed by atoms with Crippen LogP contribution in [0.2, 0.25) is 0 Å². The van der Waals surface area contributed by atoms with Crippen molar-refractivity contribution < 1.29 is 22.7 Å². The van der Waals surface area contributed by atoms with Gasteiger partial charge in [0.1, 0.15) is 11.5 Å². The zero-order valence-electron chi connectivity index (χ0n) is 16.0. The van der Waals surface area contributed by atoms with Crippen LogP contribution in [-0.4, -0.2) is 40.8 Å². The van der Waals surface area contributed by atoms with Crippen LogP contribution in [0.4, 0.5) is 11.4 Å². The quantitative estimate of drug-likeness (QED) is 0.731. The van der Waals surface area contributed by atoms with Gasteiger partial charge >= 0.3 is 0 Å². The van der Waals surface area contributed by atoms with Gasteiger partial charge in [0.15, 0.2) is 0 Å². The molecule has 0 aliphatic carbocycles. The van der Waals surface area contributed by atoms with Gasteiger partial charge in [-0.25, -0.2) is 8.42 Å². The van der Waals surface area contributed by atoms with E-state index in [0.717, 1.165) is 17.7 Å². The van der Waals surface area contributed by atoms with Crippen LogP contribution in [-0.2, 0) is 21.2 Å². The third kappa shape index (κ3) is 4.75. The molecule has 0 aromatic heterocycles. The first-order valence-electron chi connectivity index (χ1n) is 9.03. The number of anilines is 2. The van der Waals surface area contributed by atoms with E-state index in [0.29, 0.717) is 36.5 Å². The van der Waals surface area contributed by atoms with Crippen molar-refractivity contribution in [1.29, 1.82) is 0 Å². The number of ether oxygens (including phenoxy) is 2. The Bertz CT molecular complexity index is 942. The molecule has 1 fully saturated rings. The molecule has 0 saturated carbocycles. The average Bonchev–Trinajstić information content (AvgIpc) is 3.12. The molecule has 0 bridgehead atoms. The normalized spacial score (nSPS) is 14.2. The molecule has 2 aromatic carbocycles. The van der Waals surface area contributed by atoms with Gasteiger partial charge < -0.3 is 14.4 Å². The SMILES string of the molecule is COc1ccc(CCS(=O)(=O)Nc2ccc(N3CCCC3=O)c(OC)c2)cc1. The summed E-state index contributed by atoms with van der Waals surface area (Å²) in [7, 11) is -0.446. The van der Waals surface area contributed by atoms with E-state index in [2.05, 4.69) is 4.72 Å². The van der Waals surface area contributed by atoms with Crippen molar-refractivity contribution in [2.24, 2.45) is 0 Å². The number of hydrogen-bond acceptors (Lipinski definition) is 5. The van der Waals surface area contributed by atoms with Gasteiger partial charge in [0.05, 0.1) is 31.3 Å². The first-order valence-corrected chi connectivity index (χ1v) is 10.7. The van der Waals surface area contributed by atoms with E-state index >= 15 is 0 Å². The standard InChI is InChI=1S/C20H24N2O5S/c1-26-17-8-5-15(6-9-17)11-13-28(24,25)21-16-7-10-18(19(14-16)27-2)22-12-3-4-20(22)23/h5-10,14,21H,3-4,11-13H2,1-2H3. The Kier molecular flexibility index (Phi) is 6.08. The van der Waals surface area contributed by atoms with Crippen LogP contribution in [0, 0.1) is 0 Å². The molecule has 150 valence electrons. The van der Waals surface area contributed by atoms with E-state index in [1.54, 1.807) is 42.3 Å². The van der Waals surface area contributed by atoms with Crippen LogP contribution in [0.25, 0.3) is 0 Å². The Hall–Kier alpha value is -2.74. The minimum Gasteiger partial charge on any atom is -0.497 e. The largest absolute Gasteiger partial charge is 0.497 e. The van der Waals surface area contributed by atoms with Gasteiger partial charge in [-0.3, -0.25) is 9.52 Å². The highest BCUT2D eigenvalue weighted by atomic mass is 32.2. The summed E-state index contributed by atoms with van der Waals surface area (Å²) in [6, 6.07) is 12.3. The molecule has 1 N–H and O–H groups in total. The van der Waals surface area contributed by atoms with Gasteiger partial charge in [-0.2, -0.15) is 0 Å². The number of methoxy groups -OCH3 is 2. The lowest BCUT2D eigenvalue weighted by molar-refractivity contribution is -0.117. The maximum atomic E-state index is 12.4. The first kappa shape index (κ1) is 20.0. The Morgan fingerprint density at radius 1 is 1.07 bits per heavy atom. The number of aryl methyl sites for hydroxylation is 1. The van der Waals surface area contributed by atoms with Crippen molar-refractivity contribution in [2.45, 2.75) is 19.3 Å². The fraction of sp³-hybridized carbons (Fsp3) is 0.350. The van der Waals surface area contributed by atoms with E-state index in [4.69, 9.17) is 9.47 Å². The predicted molar refractivity (Wildman–Crippen MR) is 109 cm³/mol. The maximum Gasteiger partial charge on any atom is 0.233 e. The van der Waals surface area contributed by atoms with Gasteiger partial charge in [-0.1, -0.05) is 12.1 Å². The summed E-state index contributed by atoms with van der Waals surface area (Å²) in [5, 5.41) is 0. The Labute approximate surface area is 165 Å². The van der Waals surface area contributed by atoms with Crippen molar-refractivity contribution >= 4 is 27.3 Å². The highest BCUT2D eigenvalue weighted by Gasteiger charge is 2.24. The fourth-order valence-electron chi connectivity index (χ4n) is 3.14. The minimum atomic E-state index is -3.53. The summed E-state index contributed by atoms with van der Waals surface area (Å²) in [5.74, 6) is 1.19. The monoisotopic (exact) mass is 404 g/mol. The Balaban J connectivity index is 1.68. The van der Waals surface area contributed by atoms with E-state index in [1.165, 1.54) is 7.11 Å². The van der Waals surface area contributed by atoms with Crippen LogP contribution < -0.4 is 19.1 Å². The number of hydrogen-bond donors (Lipinski definition) is 1. The van der Waals surface area contributed by atoms with Crippen LogP contribution >= 0.6 is 0 Å². The predicted octanol–water partition coefficient (Wildman–Crippen LogP) is 2.82. The molecule has 1 heterocycles. The number of sulfonamides is 1. The highest BCUT2D eigenvalue weighted by Crippen LogP contribution is 2.34. The molecule has 1 aliphatic rings. The van der Waals surface area contributed by atoms with Crippen molar-refractivity contribution in [1.82, 2.24) is 0 Å². The number of carbonyl (C=O) groups is 1. The van der Waals surface area contributed by atoms with Gasteiger partial charge in [0.2, 0.25) is 15.9 Å². The molecule has 0 unspecified atom stereocenters. The summed E-state index contributed by atoms with van der Waals surface area (Å²) in [6.07, 6.45) is 1.71. The molecule has 1 saturated heterocycles. The third-order valence-electron chi connectivity index (χ3n) is 4.64. The fourth-order valence-corrected chi connectivity index (χ4v) is 4.23. The number of rotatable bonds is 8. The highest BCUT2D eigenvalue weighted by molar-refractivity contribution is 7.92. The second-order valence-electron chi connectivity index (χ2n) is 6.55. The van der Waals surface area contributed by atoms with Gasteiger partial charge in [0.25, 0.3) is 0 Å². The molecule has 3 rings (SSSR count). The summed E-state index contributed by atoms with van der Waals surface area (Å²) in [4.78, 5) is 13.6. The van der Waals surface area contributed by atoms with Gasteiger partial charge in [-0.15, -0.1) is 0 Å². The van der Waals surface area contributed by atoms with Crippen LogP contribution in [0.15, 0.2) is 42.5 Å². The molecule has 1 amide bonds. The number of nitrogens with zero attached hydrogens (tertiary/aromatic N) is 1. The molecular weight excluding hydrogens is 380 g/mol. The third-order valence-corrected chi connectivity index (χ3v) is 5.92. The Morgan fingerprint density at radius 3 is 2.43 bits per heavy atom. The summed E-state index contributed by atoms with van der Waals surface area (Å²) in [6.45, 7) is 0.641. The number of benzene rings is 2. The lowest BCUT2D eigenvalue weighted by atomic mass is 10.2. The first-order chi connectivity index (χ1) is 13.4. The summed E-state index contributed by atoms with van der Waals surface area (Å²) >= 11 is 0. The van der Waals surface area contributed by atoms with E-state index in [1.807, 2.05) is 12.1 Å². The van der Waals surface area contributed by atoms with Crippen LogP contribution in [0.3, 0.4) is 0 Å². The van der Waals surface area contributed by atoms with Crippen molar-refractivity contribution in [3.8, 4) is 11.5 Å². The second-order valence-corrected chi connectivity index (χ2v) is 8.40. The lowest BCUT2D eigenvalue weighted by Gasteiger charge is -2.20. The van der Waals surface area contributed by atoms with E-state index in [9.17, 15) is 13.2 Å². The zero-order chi connectivity index (χ0) is 20.1. The van der Waals surface area contributed by atoms with Crippen molar-refractivity contribution in [2.75, 3.05) is 36.1 Å². The molecule has 1 aliphatic heterocycles. The van der Waals surface area contributed by atoms with Gasteiger partial charge in [-0.05, 0) is 42.7 Å². The minimum absolute atomic E-state index is 0.0473. The van der Waals surface area contributed by atoms with Crippen molar-refractivity contribution in [3.05, 3.63) is 48.0 Å². The van der Waals surface area contributed by atoms with E-state index < -0.39 is 10.0 Å². The second kappa shape index (κ2) is 8.52. The number of carbonyl (C=O) groups excluding carboxylic acids is 1. The smallest absolute Gasteiger partial charge is 0.233 e. The topological polar surface area (TPSA) is 84.9 Å². The molecule has 0 atom stereocenters. The lowest BCUT2D eigenvalue weighted by Crippen LogP contribution is -2.24. The summed E-state index contributed by atoms with van der Waals surface area (Å²) < 4.78 is 37.9. The molecule has 28 heavy (non-hydrogen) atoms. The van der Waals surface area contributed by atoms with E-state index in [-0.39, 0.29) is 11.7 Å². The maximum absolute atomic E-state index is 12.4. The van der Waals surface area contributed by atoms with Crippen LogP contribution in [0.5, 0.6) is 11.5 Å². The van der Waals surface area contributed by atoms with Crippen LogP contribution in [0.1, 0.15) is 18.4 Å². The molecule has 7 nitrogen and oxygen atoms in total.